The minimum Gasteiger partial charge on any atom is -0.369 e. The van der Waals surface area contributed by atoms with Gasteiger partial charge in [0.2, 0.25) is 0 Å². The molecule has 1 aliphatic heterocycles. The van der Waals surface area contributed by atoms with Crippen molar-refractivity contribution in [2.24, 2.45) is 0 Å². The van der Waals surface area contributed by atoms with Crippen LogP contribution in [0.15, 0.2) is 48.5 Å². The van der Waals surface area contributed by atoms with E-state index in [1.807, 2.05) is 0 Å². The fraction of sp³-hybridized carbons (Fsp3) is 0.429. The molecule has 0 amide bonds. The molecule has 0 spiro atoms. The highest BCUT2D eigenvalue weighted by molar-refractivity contribution is 5.49. The molecular formula is C21H23F3N2. The number of rotatable bonds is 2. The minimum absolute atomic E-state index is 0.550. The highest BCUT2D eigenvalue weighted by Crippen LogP contribution is 2.32. The van der Waals surface area contributed by atoms with Gasteiger partial charge < -0.3 is 4.90 Å². The predicted molar refractivity (Wildman–Crippen MR) is 97.5 cm³/mol. The first-order chi connectivity index (χ1) is 12.5. The molecule has 1 atom stereocenters. The van der Waals surface area contributed by atoms with Gasteiger partial charge in [0.1, 0.15) is 0 Å². The summed E-state index contributed by atoms with van der Waals surface area (Å²) in [5.41, 5.74) is 3.02. The van der Waals surface area contributed by atoms with Crippen molar-refractivity contribution in [3.63, 3.8) is 0 Å². The lowest BCUT2D eigenvalue weighted by atomic mass is 9.87. The van der Waals surface area contributed by atoms with Crippen molar-refractivity contribution < 1.29 is 13.2 Å². The number of halogens is 3. The lowest BCUT2D eigenvalue weighted by Crippen LogP contribution is -2.51. The molecule has 0 N–H and O–H groups in total. The lowest BCUT2D eigenvalue weighted by molar-refractivity contribution is -0.137. The van der Waals surface area contributed by atoms with E-state index in [0.717, 1.165) is 45.1 Å². The van der Waals surface area contributed by atoms with Crippen LogP contribution in [0.5, 0.6) is 0 Å². The summed E-state index contributed by atoms with van der Waals surface area (Å²) in [5, 5.41) is 0. The summed E-state index contributed by atoms with van der Waals surface area (Å²) in [4.78, 5) is 4.59. The van der Waals surface area contributed by atoms with Crippen LogP contribution in [0.3, 0.4) is 0 Å². The number of hydrogen-bond acceptors (Lipinski definition) is 2. The van der Waals surface area contributed by atoms with E-state index < -0.39 is 11.7 Å². The van der Waals surface area contributed by atoms with Crippen LogP contribution in [0.25, 0.3) is 0 Å². The summed E-state index contributed by atoms with van der Waals surface area (Å²) in [6.07, 6.45) is -0.914. The van der Waals surface area contributed by atoms with E-state index >= 15 is 0 Å². The first-order valence-electron chi connectivity index (χ1n) is 9.24. The Hall–Kier alpha value is -2.01. The van der Waals surface area contributed by atoms with E-state index in [9.17, 15) is 13.2 Å². The summed E-state index contributed by atoms with van der Waals surface area (Å²) in [6, 6.07) is 14.9. The Morgan fingerprint density at radius 3 is 2.31 bits per heavy atom. The SMILES string of the molecule is FC(F)(F)c1cccc(N2CCN(C3CCc4ccccc4C3)CC2)c1. The average Bonchev–Trinajstić information content (AvgIpc) is 2.67. The van der Waals surface area contributed by atoms with Gasteiger partial charge in [0, 0.05) is 37.9 Å². The number of piperazine rings is 1. The molecule has 0 aromatic heterocycles. The third-order valence-electron chi connectivity index (χ3n) is 5.69. The van der Waals surface area contributed by atoms with Crippen molar-refractivity contribution in [3.8, 4) is 0 Å². The number of benzene rings is 2. The van der Waals surface area contributed by atoms with E-state index in [-0.39, 0.29) is 0 Å². The molecule has 1 fully saturated rings. The van der Waals surface area contributed by atoms with Gasteiger partial charge in [-0.15, -0.1) is 0 Å². The topological polar surface area (TPSA) is 6.48 Å². The van der Waals surface area contributed by atoms with Crippen LogP contribution in [0.4, 0.5) is 18.9 Å². The summed E-state index contributed by atoms with van der Waals surface area (Å²) < 4.78 is 38.8. The van der Waals surface area contributed by atoms with Crippen molar-refractivity contribution in [2.75, 3.05) is 31.1 Å². The normalized spacial score (nSPS) is 21.5. The molecule has 2 nitrogen and oxygen atoms in total. The fourth-order valence-corrected chi connectivity index (χ4v) is 4.21. The van der Waals surface area contributed by atoms with Gasteiger partial charge in [-0.1, -0.05) is 30.3 Å². The second kappa shape index (κ2) is 6.95. The highest BCUT2D eigenvalue weighted by atomic mass is 19.4. The zero-order chi connectivity index (χ0) is 18.1. The number of hydrogen-bond donors (Lipinski definition) is 0. The summed E-state index contributed by atoms with van der Waals surface area (Å²) in [6.45, 7) is 3.37. The Morgan fingerprint density at radius 2 is 1.58 bits per heavy atom. The van der Waals surface area contributed by atoms with Crippen molar-refractivity contribution in [2.45, 2.75) is 31.5 Å². The molecule has 2 aromatic carbocycles. The van der Waals surface area contributed by atoms with Gasteiger partial charge in [-0.05, 0) is 48.6 Å². The van der Waals surface area contributed by atoms with Crippen molar-refractivity contribution in [1.82, 2.24) is 4.90 Å². The van der Waals surface area contributed by atoms with Gasteiger partial charge in [0.05, 0.1) is 5.56 Å². The zero-order valence-electron chi connectivity index (χ0n) is 14.7. The van der Waals surface area contributed by atoms with E-state index in [1.54, 1.807) is 6.07 Å². The number of alkyl halides is 3. The maximum atomic E-state index is 12.9. The number of aryl methyl sites for hydroxylation is 1. The third kappa shape index (κ3) is 3.58. The van der Waals surface area contributed by atoms with Crippen molar-refractivity contribution in [3.05, 3.63) is 65.2 Å². The second-order valence-corrected chi connectivity index (χ2v) is 7.24. The molecular weight excluding hydrogens is 337 g/mol. The molecule has 2 aliphatic rings. The molecule has 26 heavy (non-hydrogen) atoms. The largest absolute Gasteiger partial charge is 0.416 e. The summed E-state index contributed by atoms with van der Waals surface area (Å²) >= 11 is 0. The molecule has 5 heteroatoms. The minimum atomic E-state index is -4.28. The second-order valence-electron chi connectivity index (χ2n) is 7.24. The molecule has 0 bridgehead atoms. The lowest BCUT2D eigenvalue weighted by Gasteiger charge is -2.42. The fourth-order valence-electron chi connectivity index (χ4n) is 4.21. The third-order valence-corrected chi connectivity index (χ3v) is 5.69. The Kier molecular flexibility index (Phi) is 4.65. The Labute approximate surface area is 152 Å². The number of fused-ring (bicyclic) bond motifs is 1. The van der Waals surface area contributed by atoms with Gasteiger partial charge in [-0.3, -0.25) is 4.90 Å². The average molecular weight is 360 g/mol. The molecule has 1 aliphatic carbocycles. The zero-order valence-corrected chi connectivity index (χ0v) is 14.7. The van der Waals surface area contributed by atoms with E-state index in [1.165, 1.54) is 29.7 Å². The molecule has 138 valence electrons. The van der Waals surface area contributed by atoms with Gasteiger partial charge in [0.15, 0.2) is 0 Å². The van der Waals surface area contributed by atoms with Crippen molar-refractivity contribution >= 4 is 5.69 Å². The molecule has 0 radical (unpaired) electrons. The Morgan fingerprint density at radius 1 is 0.846 bits per heavy atom. The maximum absolute atomic E-state index is 12.9. The number of nitrogens with zero attached hydrogens (tertiary/aromatic N) is 2. The Balaban J connectivity index is 1.39. The Bertz CT molecular complexity index is 764. The monoisotopic (exact) mass is 360 g/mol. The van der Waals surface area contributed by atoms with Crippen LogP contribution in [0.1, 0.15) is 23.1 Å². The quantitative estimate of drug-likeness (QED) is 0.784. The van der Waals surface area contributed by atoms with Gasteiger partial charge in [-0.2, -0.15) is 13.2 Å². The summed E-state index contributed by atoms with van der Waals surface area (Å²) in [7, 11) is 0. The molecule has 1 unspecified atom stereocenters. The highest BCUT2D eigenvalue weighted by Gasteiger charge is 2.32. The molecule has 2 aromatic rings. The first kappa shape index (κ1) is 17.4. The summed E-state index contributed by atoms with van der Waals surface area (Å²) in [5.74, 6) is 0. The van der Waals surface area contributed by atoms with Crippen LogP contribution >= 0.6 is 0 Å². The van der Waals surface area contributed by atoms with E-state index in [4.69, 9.17) is 0 Å². The van der Waals surface area contributed by atoms with Crippen LogP contribution in [-0.4, -0.2) is 37.1 Å². The molecule has 1 heterocycles. The maximum Gasteiger partial charge on any atom is 0.416 e. The van der Waals surface area contributed by atoms with E-state index in [0.29, 0.717) is 11.7 Å². The standard InChI is InChI=1S/C21H23F3N2/c22-21(23,24)18-6-3-7-19(15-18)25-10-12-26(13-11-25)20-9-8-16-4-1-2-5-17(16)14-20/h1-7,15,20H,8-14H2. The van der Waals surface area contributed by atoms with Crippen molar-refractivity contribution in [1.29, 1.82) is 0 Å². The smallest absolute Gasteiger partial charge is 0.369 e. The first-order valence-corrected chi connectivity index (χ1v) is 9.24. The molecule has 4 rings (SSSR count). The van der Waals surface area contributed by atoms with Gasteiger partial charge in [0.25, 0.3) is 0 Å². The molecule has 0 saturated carbocycles. The predicted octanol–water partition coefficient (Wildman–Crippen LogP) is 4.38. The van der Waals surface area contributed by atoms with Gasteiger partial charge in [-0.25, -0.2) is 0 Å². The number of anilines is 1. The molecule has 1 saturated heterocycles. The van der Waals surface area contributed by atoms with E-state index in [2.05, 4.69) is 34.1 Å². The van der Waals surface area contributed by atoms with Crippen LogP contribution < -0.4 is 4.90 Å². The van der Waals surface area contributed by atoms with Gasteiger partial charge >= 0.3 is 6.18 Å². The van der Waals surface area contributed by atoms with Crippen LogP contribution in [-0.2, 0) is 19.0 Å². The van der Waals surface area contributed by atoms with Crippen LogP contribution in [0, 0.1) is 0 Å². The van der Waals surface area contributed by atoms with Crippen LogP contribution in [0.2, 0.25) is 0 Å².